The molecule has 0 unspecified atom stereocenters. The van der Waals surface area contributed by atoms with Gasteiger partial charge < -0.3 is 5.32 Å². The predicted octanol–water partition coefficient (Wildman–Crippen LogP) is 2.46. The fraction of sp³-hybridized carbons (Fsp3) is 0.385. The van der Waals surface area contributed by atoms with Crippen LogP contribution in [-0.2, 0) is 5.41 Å². The largest absolute Gasteiger partial charge is 0.319 e. The zero-order valence-corrected chi connectivity index (χ0v) is 10.6. The smallest absolute Gasteiger partial charge is 0.142 e. The molecule has 0 amide bonds. The van der Waals surface area contributed by atoms with Crippen LogP contribution in [0, 0.1) is 0 Å². The van der Waals surface area contributed by atoms with E-state index in [2.05, 4.69) is 15.7 Å². The molecule has 2 aromatic heterocycles. The molecule has 0 atom stereocenters. The van der Waals surface area contributed by atoms with Crippen LogP contribution >= 0.6 is 11.3 Å². The minimum Gasteiger partial charge on any atom is -0.319 e. The lowest BCUT2D eigenvalue weighted by molar-refractivity contribution is 0.611. The van der Waals surface area contributed by atoms with Gasteiger partial charge in [0.2, 0.25) is 0 Å². The summed E-state index contributed by atoms with van der Waals surface area (Å²) in [6.45, 7) is 1.03. The van der Waals surface area contributed by atoms with Gasteiger partial charge in [-0.15, -0.1) is 11.3 Å². The molecule has 2 heterocycles. The van der Waals surface area contributed by atoms with Crippen molar-refractivity contribution in [1.29, 1.82) is 0 Å². The van der Waals surface area contributed by atoms with Crippen molar-refractivity contribution in [3.8, 4) is 10.7 Å². The maximum absolute atomic E-state index is 4.75. The van der Waals surface area contributed by atoms with Crippen LogP contribution in [0.4, 0.5) is 0 Å². The van der Waals surface area contributed by atoms with Gasteiger partial charge in [-0.3, -0.25) is 4.98 Å². The van der Waals surface area contributed by atoms with E-state index in [1.807, 2.05) is 31.4 Å². The standard InChI is InChI=1S/C13H15N3S/c1-14-9-13(5-6-13)11-8-17-12(16-11)10-4-2-3-7-15-10/h2-4,7-8,14H,5-6,9H2,1H3. The Hall–Kier alpha value is -1.26. The van der Waals surface area contributed by atoms with E-state index in [0.29, 0.717) is 5.41 Å². The third kappa shape index (κ3) is 1.98. The molecule has 2 aromatic rings. The molecule has 17 heavy (non-hydrogen) atoms. The average molecular weight is 245 g/mol. The molecule has 88 valence electrons. The van der Waals surface area contributed by atoms with Gasteiger partial charge in [0, 0.05) is 23.5 Å². The Kier molecular flexibility index (Phi) is 2.68. The highest BCUT2D eigenvalue weighted by Crippen LogP contribution is 2.48. The summed E-state index contributed by atoms with van der Waals surface area (Å²) in [5.74, 6) is 0. The maximum atomic E-state index is 4.75. The van der Waals surface area contributed by atoms with Crippen molar-refractivity contribution in [2.45, 2.75) is 18.3 Å². The second kappa shape index (κ2) is 4.20. The number of nitrogens with zero attached hydrogens (tertiary/aromatic N) is 2. The Morgan fingerprint density at radius 1 is 1.41 bits per heavy atom. The molecule has 0 aromatic carbocycles. The highest BCUT2D eigenvalue weighted by atomic mass is 32.1. The first-order valence-electron chi connectivity index (χ1n) is 5.86. The highest BCUT2D eigenvalue weighted by molar-refractivity contribution is 7.13. The van der Waals surface area contributed by atoms with Gasteiger partial charge in [-0.25, -0.2) is 4.98 Å². The van der Waals surface area contributed by atoms with Crippen molar-refractivity contribution in [1.82, 2.24) is 15.3 Å². The summed E-state index contributed by atoms with van der Waals surface area (Å²) in [5, 5.41) is 6.49. The molecule has 0 saturated heterocycles. The Balaban J connectivity index is 1.89. The lowest BCUT2D eigenvalue weighted by Gasteiger charge is -2.10. The summed E-state index contributed by atoms with van der Waals surface area (Å²) < 4.78 is 0. The second-order valence-electron chi connectivity index (χ2n) is 4.56. The molecule has 0 bridgehead atoms. The fourth-order valence-corrected chi connectivity index (χ4v) is 3.06. The van der Waals surface area contributed by atoms with Crippen LogP contribution in [0.15, 0.2) is 29.8 Å². The van der Waals surface area contributed by atoms with Gasteiger partial charge in [0.15, 0.2) is 0 Å². The van der Waals surface area contributed by atoms with Crippen LogP contribution in [0.5, 0.6) is 0 Å². The van der Waals surface area contributed by atoms with E-state index >= 15 is 0 Å². The minimum absolute atomic E-state index is 0.304. The molecule has 1 saturated carbocycles. The zero-order chi connectivity index (χ0) is 11.7. The van der Waals surface area contributed by atoms with Gasteiger partial charge in [0.05, 0.1) is 11.4 Å². The Morgan fingerprint density at radius 2 is 2.29 bits per heavy atom. The number of hydrogen-bond acceptors (Lipinski definition) is 4. The predicted molar refractivity (Wildman–Crippen MR) is 70.2 cm³/mol. The van der Waals surface area contributed by atoms with Gasteiger partial charge in [-0.05, 0) is 32.0 Å². The van der Waals surface area contributed by atoms with Crippen LogP contribution in [0.3, 0.4) is 0 Å². The molecule has 0 spiro atoms. The van der Waals surface area contributed by atoms with Crippen molar-refractivity contribution in [2.75, 3.05) is 13.6 Å². The van der Waals surface area contributed by atoms with Crippen molar-refractivity contribution in [3.05, 3.63) is 35.5 Å². The minimum atomic E-state index is 0.304. The van der Waals surface area contributed by atoms with E-state index in [9.17, 15) is 0 Å². The van der Waals surface area contributed by atoms with E-state index in [0.717, 1.165) is 17.2 Å². The number of thiazole rings is 1. The van der Waals surface area contributed by atoms with Crippen LogP contribution in [0.1, 0.15) is 18.5 Å². The first-order valence-corrected chi connectivity index (χ1v) is 6.74. The topological polar surface area (TPSA) is 37.8 Å². The number of nitrogens with one attached hydrogen (secondary N) is 1. The first-order chi connectivity index (χ1) is 8.34. The van der Waals surface area contributed by atoms with Crippen molar-refractivity contribution < 1.29 is 0 Å². The SMILES string of the molecule is CNCC1(c2csc(-c3ccccn3)n2)CC1. The monoisotopic (exact) mass is 245 g/mol. The molecular formula is C13H15N3S. The number of pyridine rings is 1. The normalized spacial score (nSPS) is 17.0. The van der Waals surface area contributed by atoms with E-state index in [-0.39, 0.29) is 0 Å². The lowest BCUT2D eigenvalue weighted by atomic mass is 10.0. The lowest BCUT2D eigenvalue weighted by Crippen LogP contribution is -2.23. The third-order valence-corrected chi connectivity index (χ3v) is 4.17. The van der Waals surface area contributed by atoms with Gasteiger partial charge in [0.1, 0.15) is 5.01 Å². The van der Waals surface area contributed by atoms with E-state index in [1.54, 1.807) is 11.3 Å². The zero-order valence-electron chi connectivity index (χ0n) is 9.81. The molecular weight excluding hydrogens is 230 g/mol. The number of hydrogen-bond donors (Lipinski definition) is 1. The summed E-state index contributed by atoms with van der Waals surface area (Å²) in [6, 6.07) is 5.95. The number of aromatic nitrogens is 2. The van der Waals surface area contributed by atoms with Crippen LogP contribution in [0.25, 0.3) is 10.7 Å². The molecule has 3 rings (SSSR count). The molecule has 1 aliphatic carbocycles. The van der Waals surface area contributed by atoms with E-state index < -0.39 is 0 Å². The Labute approximate surface area is 105 Å². The third-order valence-electron chi connectivity index (χ3n) is 3.30. The molecule has 1 fully saturated rings. The summed E-state index contributed by atoms with van der Waals surface area (Å²) in [6.07, 6.45) is 4.31. The molecule has 3 nitrogen and oxygen atoms in total. The van der Waals surface area contributed by atoms with Gasteiger partial charge in [0.25, 0.3) is 0 Å². The molecule has 0 radical (unpaired) electrons. The van der Waals surface area contributed by atoms with Crippen molar-refractivity contribution >= 4 is 11.3 Å². The summed E-state index contributed by atoms with van der Waals surface area (Å²) in [4.78, 5) is 9.09. The van der Waals surface area contributed by atoms with E-state index in [1.165, 1.54) is 18.5 Å². The molecule has 1 N–H and O–H groups in total. The fourth-order valence-electron chi connectivity index (χ4n) is 2.14. The van der Waals surface area contributed by atoms with Crippen LogP contribution < -0.4 is 5.32 Å². The average Bonchev–Trinajstić information content (AvgIpc) is 2.98. The summed E-state index contributed by atoms with van der Waals surface area (Å²) >= 11 is 1.69. The van der Waals surface area contributed by atoms with Gasteiger partial charge in [-0.2, -0.15) is 0 Å². The van der Waals surface area contributed by atoms with Gasteiger partial charge in [-0.1, -0.05) is 6.07 Å². The van der Waals surface area contributed by atoms with Crippen molar-refractivity contribution in [2.24, 2.45) is 0 Å². The van der Waals surface area contributed by atoms with Crippen LogP contribution in [0.2, 0.25) is 0 Å². The second-order valence-corrected chi connectivity index (χ2v) is 5.42. The highest BCUT2D eigenvalue weighted by Gasteiger charge is 2.45. The Morgan fingerprint density at radius 3 is 2.94 bits per heavy atom. The van der Waals surface area contributed by atoms with E-state index in [4.69, 9.17) is 4.98 Å². The molecule has 1 aliphatic rings. The summed E-state index contributed by atoms with van der Waals surface area (Å²) in [7, 11) is 2.01. The number of likely N-dealkylation sites (N-methyl/N-ethyl adjacent to an activating group) is 1. The molecule has 4 heteroatoms. The quantitative estimate of drug-likeness (QED) is 0.899. The van der Waals surface area contributed by atoms with Gasteiger partial charge >= 0.3 is 0 Å². The Bertz CT molecular complexity index is 502. The first kappa shape index (κ1) is 10.9. The summed E-state index contributed by atoms with van der Waals surface area (Å²) in [5.41, 5.74) is 2.51. The maximum Gasteiger partial charge on any atom is 0.142 e. The molecule has 0 aliphatic heterocycles. The van der Waals surface area contributed by atoms with Crippen LogP contribution in [-0.4, -0.2) is 23.6 Å². The number of rotatable bonds is 4. The van der Waals surface area contributed by atoms with Crippen molar-refractivity contribution in [3.63, 3.8) is 0 Å².